The van der Waals surface area contributed by atoms with Gasteiger partial charge in [-0.25, -0.2) is 22.8 Å². The minimum atomic E-state index is -3.74. The second-order valence-electron chi connectivity index (χ2n) is 7.75. The van der Waals surface area contributed by atoms with Gasteiger partial charge < -0.3 is 4.74 Å². The van der Waals surface area contributed by atoms with Crippen molar-refractivity contribution in [2.45, 2.75) is 49.5 Å². The quantitative estimate of drug-likeness (QED) is 0.785. The maximum atomic E-state index is 13.2. The Kier molecular flexibility index (Phi) is 4.97. The lowest BCUT2D eigenvalue weighted by Crippen LogP contribution is -2.52. The molecule has 2 aliphatic heterocycles. The molecule has 1 aromatic carbocycles. The van der Waals surface area contributed by atoms with Crippen LogP contribution < -0.4 is 0 Å². The highest BCUT2D eigenvalue weighted by atomic mass is 32.2. The Morgan fingerprint density at radius 2 is 2.00 bits per heavy atom. The van der Waals surface area contributed by atoms with E-state index in [0.717, 1.165) is 23.5 Å². The van der Waals surface area contributed by atoms with Gasteiger partial charge in [-0.3, -0.25) is 0 Å². The number of halogens is 1. The van der Waals surface area contributed by atoms with Gasteiger partial charge in [0, 0.05) is 25.2 Å². The van der Waals surface area contributed by atoms with Crippen molar-refractivity contribution in [1.82, 2.24) is 14.3 Å². The average Bonchev–Trinajstić information content (AvgIpc) is 2.68. The highest BCUT2D eigenvalue weighted by Gasteiger charge is 2.46. The number of piperidine rings is 1. The van der Waals surface area contributed by atoms with Crippen LogP contribution in [0.1, 0.15) is 49.7 Å². The SMILES string of the molecule is CC(C)c1ncc2c(n1)[C@]1(CCCN(S(=O)(=O)c3ccc(F)cc3)C1)OCC2. The zero-order valence-electron chi connectivity index (χ0n) is 16.1. The largest absolute Gasteiger partial charge is 0.367 e. The maximum absolute atomic E-state index is 13.2. The van der Waals surface area contributed by atoms with Crippen molar-refractivity contribution >= 4 is 10.0 Å². The molecule has 1 fully saturated rings. The molecule has 0 radical (unpaired) electrons. The van der Waals surface area contributed by atoms with E-state index in [1.54, 1.807) is 0 Å². The highest BCUT2D eigenvalue weighted by molar-refractivity contribution is 7.89. The lowest BCUT2D eigenvalue weighted by Gasteiger charge is -2.44. The Balaban J connectivity index is 1.71. The van der Waals surface area contributed by atoms with E-state index in [1.807, 2.05) is 20.0 Å². The molecule has 2 aromatic rings. The third-order valence-electron chi connectivity index (χ3n) is 5.45. The molecule has 0 N–H and O–H groups in total. The Morgan fingerprint density at radius 3 is 2.71 bits per heavy atom. The number of nitrogens with zero attached hydrogens (tertiary/aromatic N) is 3. The van der Waals surface area contributed by atoms with E-state index < -0.39 is 21.4 Å². The Morgan fingerprint density at radius 1 is 1.25 bits per heavy atom. The zero-order chi connectivity index (χ0) is 19.9. The normalized spacial score (nSPS) is 23.1. The molecule has 8 heteroatoms. The summed E-state index contributed by atoms with van der Waals surface area (Å²) in [4.78, 5) is 9.33. The van der Waals surface area contributed by atoms with E-state index in [2.05, 4.69) is 4.98 Å². The molecule has 6 nitrogen and oxygen atoms in total. The van der Waals surface area contributed by atoms with Crippen LogP contribution in [0.3, 0.4) is 0 Å². The van der Waals surface area contributed by atoms with Crippen LogP contribution in [0, 0.1) is 5.82 Å². The summed E-state index contributed by atoms with van der Waals surface area (Å²) in [5, 5.41) is 0. The van der Waals surface area contributed by atoms with Crippen molar-refractivity contribution in [1.29, 1.82) is 0 Å². The fraction of sp³-hybridized carbons (Fsp3) is 0.500. The van der Waals surface area contributed by atoms with Gasteiger partial charge in [0.1, 0.15) is 17.2 Å². The van der Waals surface area contributed by atoms with Gasteiger partial charge in [0.15, 0.2) is 0 Å². The molecule has 3 heterocycles. The Labute approximate surface area is 164 Å². The lowest BCUT2D eigenvalue weighted by atomic mass is 9.85. The first-order valence-corrected chi connectivity index (χ1v) is 11.0. The number of hydrogen-bond donors (Lipinski definition) is 0. The van der Waals surface area contributed by atoms with Gasteiger partial charge in [0.25, 0.3) is 0 Å². The molecule has 1 spiro atoms. The number of ether oxygens (including phenoxy) is 1. The first kappa shape index (κ1) is 19.4. The van der Waals surface area contributed by atoms with Gasteiger partial charge in [-0.05, 0) is 49.1 Å². The summed E-state index contributed by atoms with van der Waals surface area (Å²) < 4.78 is 47.1. The summed E-state index contributed by atoms with van der Waals surface area (Å²) in [6.07, 6.45) is 3.96. The van der Waals surface area contributed by atoms with Crippen molar-refractivity contribution in [3.63, 3.8) is 0 Å². The van der Waals surface area contributed by atoms with E-state index in [1.165, 1.54) is 28.6 Å². The zero-order valence-corrected chi connectivity index (χ0v) is 16.9. The van der Waals surface area contributed by atoms with E-state index in [4.69, 9.17) is 9.72 Å². The third-order valence-corrected chi connectivity index (χ3v) is 7.31. The number of fused-ring (bicyclic) bond motifs is 2. The minimum Gasteiger partial charge on any atom is -0.367 e. The van der Waals surface area contributed by atoms with Crippen molar-refractivity contribution in [3.8, 4) is 0 Å². The molecule has 28 heavy (non-hydrogen) atoms. The molecule has 2 aliphatic rings. The lowest BCUT2D eigenvalue weighted by molar-refractivity contribution is -0.0936. The summed E-state index contributed by atoms with van der Waals surface area (Å²) in [5.74, 6) is 0.450. The molecule has 1 saturated heterocycles. The highest BCUT2D eigenvalue weighted by Crippen LogP contribution is 2.40. The van der Waals surface area contributed by atoms with Gasteiger partial charge in [0.2, 0.25) is 10.0 Å². The predicted molar refractivity (Wildman–Crippen MR) is 102 cm³/mol. The molecular formula is C20H24FN3O3S. The first-order chi connectivity index (χ1) is 13.3. The number of hydrogen-bond acceptors (Lipinski definition) is 5. The Bertz CT molecular complexity index is 979. The maximum Gasteiger partial charge on any atom is 0.243 e. The smallest absolute Gasteiger partial charge is 0.243 e. The molecule has 0 amide bonds. The standard InChI is InChI=1S/C20H24FN3O3S/c1-14(2)19-22-12-15-8-11-27-20(18(15)23-19)9-3-10-24(13-20)28(25,26)17-6-4-16(21)5-7-17/h4-7,12,14H,3,8-11,13H2,1-2H3/t20-/m1/s1. The van der Waals surface area contributed by atoms with E-state index >= 15 is 0 Å². The third kappa shape index (κ3) is 3.33. The molecule has 150 valence electrons. The van der Waals surface area contributed by atoms with Crippen molar-refractivity contribution < 1.29 is 17.5 Å². The van der Waals surface area contributed by atoms with Crippen LogP contribution in [-0.2, 0) is 26.8 Å². The van der Waals surface area contributed by atoms with Gasteiger partial charge in [-0.15, -0.1) is 0 Å². The van der Waals surface area contributed by atoms with Crippen molar-refractivity contribution in [2.24, 2.45) is 0 Å². The van der Waals surface area contributed by atoms with Gasteiger partial charge in [-0.1, -0.05) is 13.8 Å². The van der Waals surface area contributed by atoms with Crippen molar-refractivity contribution in [2.75, 3.05) is 19.7 Å². The van der Waals surface area contributed by atoms with E-state index in [9.17, 15) is 12.8 Å². The molecule has 1 atom stereocenters. The number of aromatic nitrogens is 2. The molecule has 0 aliphatic carbocycles. The van der Waals surface area contributed by atoms with Crippen LogP contribution in [-0.4, -0.2) is 42.4 Å². The summed E-state index contributed by atoms with van der Waals surface area (Å²) in [6.45, 7) is 5.19. The van der Waals surface area contributed by atoms with Crippen LogP contribution in [0.15, 0.2) is 35.4 Å². The van der Waals surface area contributed by atoms with E-state index in [-0.39, 0.29) is 17.4 Å². The summed E-state index contributed by atoms with van der Waals surface area (Å²) in [6, 6.07) is 4.95. The number of sulfonamides is 1. The predicted octanol–water partition coefficient (Wildman–Crippen LogP) is 2.99. The van der Waals surface area contributed by atoms with Crippen LogP contribution in [0.2, 0.25) is 0 Å². The fourth-order valence-electron chi connectivity index (χ4n) is 3.96. The molecule has 1 aromatic heterocycles. The Hall–Kier alpha value is -1.90. The number of rotatable bonds is 3. The van der Waals surface area contributed by atoms with Crippen molar-refractivity contribution in [3.05, 3.63) is 53.4 Å². The molecule has 0 bridgehead atoms. The van der Waals surface area contributed by atoms with Crippen LogP contribution in [0.25, 0.3) is 0 Å². The second-order valence-corrected chi connectivity index (χ2v) is 9.68. The van der Waals surface area contributed by atoms with Crippen LogP contribution >= 0.6 is 0 Å². The molecule has 0 unspecified atom stereocenters. The van der Waals surface area contributed by atoms with Crippen LogP contribution in [0.5, 0.6) is 0 Å². The minimum absolute atomic E-state index is 0.0903. The monoisotopic (exact) mass is 405 g/mol. The fourth-order valence-corrected chi connectivity index (χ4v) is 5.48. The number of benzene rings is 1. The van der Waals surface area contributed by atoms with E-state index in [0.29, 0.717) is 26.0 Å². The second kappa shape index (κ2) is 7.17. The summed E-state index contributed by atoms with van der Waals surface area (Å²) >= 11 is 0. The van der Waals surface area contributed by atoms with Gasteiger partial charge in [0.05, 0.1) is 17.2 Å². The summed E-state index contributed by atoms with van der Waals surface area (Å²) in [7, 11) is -3.74. The topological polar surface area (TPSA) is 72.4 Å². The molecule has 4 rings (SSSR count). The van der Waals surface area contributed by atoms with Crippen LogP contribution in [0.4, 0.5) is 4.39 Å². The van der Waals surface area contributed by atoms with Gasteiger partial charge >= 0.3 is 0 Å². The van der Waals surface area contributed by atoms with Gasteiger partial charge in [-0.2, -0.15) is 4.31 Å². The molecule has 0 saturated carbocycles. The molecular weight excluding hydrogens is 381 g/mol. The summed E-state index contributed by atoms with van der Waals surface area (Å²) in [5.41, 5.74) is 1.08. The first-order valence-electron chi connectivity index (χ1n) is 9.58. The average molecular weight is 405 g/mol.